The van der Waals surface area contributed by atoms with Crippen LogP contribution in [0.4, 0.5) is 10.2 Å². The Bertz CT molecular complexity index is 1270. The summed E-state index contributed by atoms with van der Waals surface area (Å²) < 4.78 is 19.9. The van der Waals surface area contributed by atoms with Crippen LogP contribution in [0.5, 0.6) is 0 Å². The second kappa shape index (κ2) is 9.26. The lowest BCUT2D eigenvalue weighted by Crippen LogP contribution is -2.14. The minimum atomic E-state index is -1.18. The Hall–Kier alpha value is -4.26. The number of rotatable bonds is 7. The molecule has 0 saturated carbocycles. The number of nitrogens with one attached hydrogen (secondary N) is 1. The Labute approximate surface area is 184 Å². The number of aryl methyl sites for hydroxylation is 1. The van der Waals surface area contributed by atoms with Crippen LogP contribution >= 0.6 is 0 Å². The number of aromatic nitrogens is 2. The molecule has 2 aromatic heterocycles. The van der Waals surface area contributed by atoms with Gasteiger partial charge in [-0.3, -0.25) is 0 Å². The van der Waals surface area contributed by atoms with Crippen molar-refractivity contribution in [2.45, 2.75) is 13.3 Å². The average Bonchev–Trinajstić information content (AvgIpc) is 3.30. The summed E-state index contributed by atoms with van der Waals surface area (Å²) in [6.07, 6.45) is 4.63. The minimum absolute atomic E-state index is 0.127. The number of carboxylic acid groups (broad SMARTS) is 1. The van der Waals surface area contributed by atoms with Crippen LogP contribution in [0.15, 0.2) is 83.2 Å². The smallest absolute Gasteiger partial charge is 0.352 e. The van der Waals surface area contributed by atoms with Gasteiger partial charge in [-0.05, 0) is 36.2 Å². The van der Waals surface area contributed by atoms with Gasteiger partial charge in [0.25, 0.3) is 0 Å². The summed E-state index contributed by atoms with van der Waals surface area (Å²) >= 11 is 0. The second-order valence-corrected chi connectivity index (χ2v) is 7.15. The normalized spacial score (nSPS) is 11.4. The van der Waals surface area contributed by atoms with Crippen molar-refractivity contribution in [3.8, 4) is 11.3 Å². The van der Waals surface area contributed by atoms with Gasteiger partial charge >= 0.3 is 5.97 Å². The maximum Gasteiger partial charge on any atom is 0.352 e. The molecule has 0 atom stereocenters. The van der Waals surface area contributed by atoms with Gasteiger partial charge in [-0.1, -0.05) is 42.5 Å². The fourth-order valence-corrected chi connectivity index (χ4v) is 3.21. The van der Waals surface area contributed by atoms with Crippen LogP contribution in [0.1, 0.15) is 22.6 Å². The maximum atomic E-state index is 14.7. The molecular weight excluding hydrogens is 409 g/mol. The van der Waals surface area contributed by atoms with Gasteiger partial charge in [0, 0.05) is 18.1 Å². The fourth-order valence-electron chi connectivity index (χ4n) is 3.21. The number of hydrogen-bond donors (Lipinski definition) is 2. The van der Waals surface area contributed by atoms with Crippen molar-refractivity contribution < 1.29 is 18.7 Å². The number of benzene rings is 2. The lowest BCUT2D eigenvalue weighted by atomic mass is 10.1. The van der Waals surface area contributed by atoms with Gasteiger partial charge in [0.2, 0.25) is 0 Å². The molecule has 0 aliphatic heterocycles. The largest absolute Gasteiger partial charge is 0.477 e. The third kappa shape index (κ3) is 4.73. The summed E-state index contributed by atoms with van der Waals surface area (Å²) in [5, 5.41) is 12.5. The highest BCUT2D eigenvalue weighted by Gasteiger charge is 2.17. The summed E-state index contributed by atoms with van der Waals surface area (Å²) in [7, 11) is 0. The van der Waals surface area contributed by atoms with Crippen LogP contribution < -0.4 is 5.32 Å². The van der Waals surface area contributed by atoms with Crippen molar-refractivity contribution in [1.29, 1.82) is 0 Å². The van der Waals surface area contributed by atoms with Crippen molar-refractivity contribution in [3.05, 3.63) is 107 Å². The third-order valence-electron chi connectivity index (χ3n) is 4.84. The maximum absolute atomic E-state index is 14.7. The molecule has 4 aromatic rings. The Kier molecular flexibility index (Phi) is 6.07. The van der Waals surface area contributed by atoms with Crippen molar-refractivity contribution in [2.75, 3.05) is 5.32 Å². The molecule has 0 bridgehead atoms. The molecule has 6 nitrogen and oxygen atoms in total. The highest BCUT2D eigenvalue weighted by molar-refractivity contribution is 5.95. The third-order valence-corrected chi connectivity index (χ3v) is 4.84. The van der Waals surface area contributed by atoms with Gasteiger partial charge in [-0.2, -0.15) is 0 Å². The molecule has 0 aliphatic carbocycles. The van der Waals surface area contributed by atoms with Crippen molar-refractivity contribution in [3.63, 3.8) is 0 Å². The molecule has 0 unspecified atom stereocenters. The van der Waals surface area contributed by atoms with Crippen LogP contribution in [0.2, 0.25) is 0 Å². The van der Waals surface area contributed by atoms with Crippen molar-refractivity contribution in [2.24, 2.45) is 0 Å². The van der Waals surface area contributed by atoms with Gasteiger partial charge in [0.15, 0.2) is 5.82 Å². The average molecular weight is 429 g/mol. The summed E-state index contributed by atoms with van der Waals surface area (Å²) in [6, 6.07) is 18.0. The van der Waals surface area contributed by atoms with E-state index in [0.717, 1.165) is 5.56 Å². The van der Waals surface area contributed by atoms with Crippen LogP contribution in [0.3, 0.4) is 0 Å². The lowest BCUT2D eigenvalue weighted by Gasteiger charge is -2.13. The zero-order chi connectivity index (χ0) is 22.5. The quantitative estimate of drug-likeness (QED) is 0.387. The standard InChI is InChI=1S/C25H20FN3O3/c1-16-7-5-11-19(23(16)26)22-15-27-24(20(28-22)13-17-8-3-2-4-9-17)29-21(25(30)31)14-18-10-6-12-32-18/h2-12,14-15H,13H2,1H3,(H,27,29)(H,30,31)/b21-14-. The van der Waals surface area contributed by atoms with E-state index >= 15 is 0 Å². The van der Waals surface area contributed by atoms with Crippen molar-refractivity contribution in [1.82, 2.24) is 9.97 Å². The van der Waals surface area contributed by atoms with Gasteiger partial charge in [-0.25, -0.2) is 19.2 Å². The Balaban J connectivity index is 1.77. The minimum Gasteiger partial charge on any atom is -0.477 e. The first kappa shape index (κ1) is 21.0. The van der Waals surface area contributed by atoms with Gasteiger partial charge in [0.1, 0.15) is 17.3 Å². The molecule has 2 aromatic carbocycles. The topological polar surface area (TPSA) is 88.2 Å². The highest BCUT2D eigenvalue weighted by atomic mass is 19.1. The molecule has 0 fully saturated rings. The van der Waals surface area contributed by atoms with Gasteiger partial charge in [-0.15, -0.1) is 0 Å². The zero-order valence-corrected chi connectivity index (χ0v) is 17.2. The first-order chi connectivity index (χ1) is 15.5. The van der Waals surface area contributed by atoms with Gasteiger partial charge in [0.05, 0.1) is 23.8 Å². The van der Waals surface area contributed by atoms with E-state index in [9.17, 15) is 14.3 Å². The number of aliphatic carboxylic acids is 1. The summed E-state index contributed by atoms with van der Waals surface area (Å²) in [4.78, 5) is 20.8. The molecule has 0 radical (unpaired) electrons. The second-order valence-electron chi connectivity index (χ2n) is 7.15. The van der Waals surface area contributed by atoms with Crippen LogP contribution in [0, 0.1) is 12.7 Å². The SMILES string of the molecule is Cc1cccc(-c2cnc(N/C(=C\c3ccco3)C(=O)O)c(Cc3ccccc3)n2)c1F. The number of furan rings is 1. The van der Waals surface area contributed by atoms with E-state index in [0.29, 0.717) is 34.7 Å². The van der Waals surface area contributed by atoms with E-state index in [2.05, 4.69) is 15.3 Å². The number of halogens is 1. The Morgan fingerprint density at radius 3 is 2.66 bits per heavy atom. The molecule has 160 valence electrons. The van der Waals surface area contributed by atoms with Crippen LogP contribution in [0.25, 0.3) is 17.3 Å². The molecule has 32 heavy (non-hydrogen) atoms. The van der Waals surface area contributed by atoms with Gasteiger partial charge < -0.3 is 14.8 Å². The predicted molar refractivity (Wildman–Crippen MR) is 119 cm³/mol. The Morgan fingerprint density at radius 1 is 1.12 bits per heavy atom. The van der Waals surface area contributed by atoms with E-state index in [1.165, 1.54) is 18.5 Å². The van der Waals surface area contributed by atoms with E-state index in [4.69, 9.17) is 4.42 Å². The lowest BCUT2D eigenvalue weighted by molar-refractivity contribution is -0.132. The molecule has 2 heterocycles. The number of anilines is 1. The van der Waals surface area contributed by atoms with E-state index in [-0.39, 0.29) is 17.3 Å². The summed E-state index contributed by atoms with van der Waals surface area (Å²) in [5.41, 5.74) is 2.53. The molecular formula is C25H20FN3O3. The van der Waals surface area contributed by atoms with Crippen LogP contribution in [-0.4, -0.2) is 21.0 Å². The predicted octanol–water partition coefficient (Wildman–Crippen LogP) is 5.31. The van der Waals surface area contributed by atoms with E-state index in [1.54, 1.807) is 37.3 Å². The molecule has 0 spiro atoms. The molecule has 0 aliphatic rings. The molecule has 4 rings (SSSR count). The van der Waals surface area contributed by atoms with Crippen molar-refractivity contribution >= 4 is 17.9 Å². The molecule has 7 heteroatoms. The molecule has 2 N–H and O–H groups in total. The summed E-state index contributed by atoms with van der Waals surface area (Å²) in [6.45, 7) is 1.69. The first-order valence-electron chi connectivity index (χ1n) is 9.92. The number of carboxylic acids is 1. The fraction of sp³-hybridized carbons (Fsp3) is 0.0800. The number of nitrogens with zero attached hydrogens (tertiary/aromatic N) is 2. The Morgan fingerprint density at radius 2 is 1.94 bits per heavy atom. The molecule has 0 amide bonds. The highest BCUT2D eigenvalue weighted by Crippen LogP contribution is 2.26. The first-order valence-corrected chi connectivity index (χ1v) is 9.92. The monoisotopic (exact) mass is 429 g/mol. The summed E-state index contributed by atoms with van der Waals surface area (Å²) in [5.74, 6) is -0.892. The van der Waals surface area contributed by atoms with Crippen LogP contribution in [-0.2, 0) is 11.2 Å². The van der Waals surface area contributed by atoms with E-state index < -0.39 is 5.97 Å². The number of carbonyl (C=O) groups is 1. The number of hydrogen-bond acceptors (Lipinski definition) is 5. The zero-order valence-electron chi connectivity index (χ0n) is 17.2. The van der Waals surface area contributed by atoms with E-state index in [1.807, 2.05) is 30.3 Å². The molecule has 0 saturated heterocycles.